The van der Waals surface area contributed by atoms with E-state index in [1.54, 1.807) is 0 Å². The Bertz CT molecular complexity index is 500. The molecular formula is C14H16O5. The molecule has 3 atom stereocenters. The van der Waals surface area contributed by atoms with E-state index in [-0.39, 0.29) is 19.8 Å². The summed E-state index contributed by atoms with van der Waals surface area (Å²) in [4.78, 5) is 11.8. The van der Waals surface area contributed by atoms with Gasteiger partial charge in [-0.2, -0.15) is 0 Å². The maximum Gasteiger partial charge on any atom is 0.313 e. The number of hydrogen-bond acceptors (Lipinski definition) is 4. The average molecular weight is 264 g/mol. The van der Waals surface area contributed by atoms with Crippen LogP contribution < -0.4 is 4.74 Å². The Morgan fingerprint density at radius 2 is 2.11 bits per heavy atom. The molecule has 0 radical (unpaired) electrons. The van der Waals surface area contributed by atoms with E-state index in [1.165, 1.54) is 0 Å². The molecule has 2 aliphatic rings. The van der Waals surface area contributed by atoms with E-state index in [1.807, 2.05) is 24.3 Å². The van der Waals surface area contributed by atoms with Gasteiger partial charge < -0.3 is 19.7 Å². The topological polar surface area (TPSA) is 76.0 Å². The standard InChI is InChI=1S/C14H16O5/c15-11-7-18-6-10(11)14(13(16)17)5-9-3-1-2-4-12(9)19-8-14/h1-4,10-11,15H,5-8H2,(H,16,17). The molecule has 1 aromatic rings. The van der Waals surface area contributed by atoms with Gasteiger partial charge in [0.1, 0.15) is 17.8 Å². The molecule has 2 N–H and O–H groups in total. The second kappa shape index (κ2) is 4.51. The first-order valence-corrected chi connectivity index (χ1v) is 6.33. The molecule has 0 amide bonds. The van der Waals surface area contributed by atoms with E-state index in [0.29, 0.717) is 6.42 Å². The molecule has 3 rings (SSSR count). The summed E-state index contributed by atoms with van der Waals surface area (Å²) < 4.78 is 10.8. The fourth-order valence-electron chi connectivity index (χ4n) is 2.99. The number of ether oxygens (including phenoxy) is 2. The molecule has 0 spiro atoms. The third-order valence-corrected chi connectivity index (χ3v) is 4.15. The van der Waals surface area contributed by atoms with E-state index in [2.05, 4.69) is 0 Å². The van der Waals surface area contributed by atoms with Crippen LogP contribution >= 0.6 is 0 Å². The molecule has 1 fully saturated rings. The van der Waals surface area contributed by atoms with Crippen molar-refractivity contribution in [2.45, 2.75) is 12.5 Å². The molecule has 0 aromatic heterocycles. The highest BCUT2D eigenvalue weighted by Gasteiger charge is 2.53. The van der Waals surface area contributed by atoms with Crippen molar-refractivity contribution in [3.05, 3.63) is 29.8 Å². The molecule has 19 heavy (non-hydrogen) atoms. The normalized spacial score (nSPS) is 33.5. The summed E-state index contributed by atoms with van der Waals surface area (Å²) in [5.74, 6) is -0.636. The van der Waals surface area contributed by atoms with Crippen molar-refractivity contribution in [1.82, 2.24) is 0 Å². The van der Waals surface area contributed by atoms with Gasteiger partial charge in [-0.25, -0.2) is 0 Å². The van der Waals surface area contributed by atoms with Crippen molar-refractivity contribution in [2.24, 2.45) is 11.3 Å². The fraction of sp³-hybridized carbons (Fsp3) is 0.500. The van der Waals surface area contributed by atoms with E-state index in [9.17, 15) is 15.0 Å². The van der Waals surface area contributed by atoms with Gasteiger partial charge in [-0.15, -0.1) is 0 Å². The zero-order valence-corrected chi connectivity index (χ0v) is 10.4. The molecule has 0 aliphatic carbocycles. The van der Waals surface area contributed by atoms with Gasteiger partial charge in [0, 0.05) is 5.92 Å². The van der Waals surface area contributed by atoms with Crippen molar-refractivity contribution in [3.63, 3.8) is 0 Å². The van der Waals surface area contributed by atoms with Crippen LogP contribution in [0.15, 0.2) is 24.3 Å². The van der Waals surface area contributed by atoms with Gasteiger partial charge in [0.15, 0.2) is 0 Å². The van der Waals surface area contributed by atoms with Crippen LogP contribution in [0.5, 0.6) is 5.75 Å². The lowest BCUT2D eigenvalue weighted by Gasteiger charge is -2.39. The Hall–Kier alpha value is -1.59. The molecule has 0 bridgehead atoms. The summed E-state index contributed by atoms with van der Waals surface area (Å²) in [6, 6.07) is 7.43. The molecule has 5 heteroatoms. The maximum atomic E-state index is 11.8. The second-order valence-electron chi connectivity index (χ2n) is 5.25. The highest BCUT2D eigenvalue weighted by atomic mass is 16.5. The summed E-state index contributed by atoms with van der Waals surface area (Å²) >= 11 is 0. The quantitative estimate of drug-likeness (QED) is 0.822. The summed E-state index contributed by atoms with van der Waals surface area (Å²) in [6.07, 6.45) is -0.381. The number of aliphatic hydroxyl groups excluding tert-OH is 1. The summed E-state index contributed by atoms with van der Waals surface area (Å²) in [5, 5.41) is 19.6. The van der Waals surface area contributed by atoms with Crippen molar-refractivity contribution in [1.29, 1.82) is 0 Å². The predicted octanol–water partition coefficient (Wildman–Crippen LogP) is 0.700. The lowest BCUT2D eigenvalue weighted by Crippen LogP contribution is -2.51. The lowest BCUT2D eigenvalue weighted by molar-refractivity contribution is -0.159. The van der Waals surface area contributed by atoms with E-state index in [4.69, 9.17) is 9.47 Å². The van der Waals surface area contributed by atoms with E-state index in [0.717, 1.165) is 11.3 Å². The molecule has 1 saturated heterocycles. The van der Waals surface area contributed by atoms with Gasteiger partial charge in [0.2, 0.25) is 0 Å². The monoisotopic (exact) mass is 264 g/mol. The minimum atomic E-state index is -1.11. The first-order valence-electron chi connectivity index (χ1n) is 6.33. The minimum Gasteiger partial charge on any atom is -0.492 e. The van der Waals surface area contributed by atoms with Crippen molar-refractivity contribution in [2.75, 3.05) is 19.8 Å². The summed E-state index contributed by atoms with van der Waals surface area (Å²) in [7, 11) is 0. The number of rotatable bonds is 2. The van der Waals surface area contributed by atoms with Crippen molar-refractivity contribution < 1.29 is 24.5 Å². The molecule has 0 saturated carbocycles. The largest absolute Gasteiger partial charge is 0.492 e. The lowest BCUT2D eigenvalue weighted by atomic mass is 9.69. The van der Waals surface area contributed by atoms with Gasteiger partial charge in [0.05, 0.1) is 19.3 Å². The van der Waals surface area contributed by atoms with Crippen LogP contribution in [0.3, 0.4) is 0 Å². The van der Waals surface area contributed by atoms with Crippen LogP contribution in [0.2, 0.25) is 0 Å². The minimum absolute atomic E-state index is 0.0738. The first kappa shape index (κ1) is 12.4. The number of hydrogen-bond donors (Lipinski definition) is 2. The zero-order valence-electron chi connectivity index (χ0n) is 10.4. The third kappa shape index (κ3) is 1.89. The second-order valence-corrected chi connectivity index (χ2v) is 5.25. The number of aliphatic carboxylic acids is 1. The van der Waals surface area contributed by atoms with Crippen LogP contribution in [-0.4, -0.2) is 42.1 Å². The molecule has 102 valence electrons. The fourth-order valence-corrected chi connectivity index (χ4v) is 2.99. The van der Waals surface area contributed by atoms with Gasteiger partial charge in [0.25, 0.3) is 0 Å². The maximum absolute atomic E-state index is 11.8. The summed E-state index contributed by atoms with van der Waals surface area (Å²) in [6.45, 7) is 0.533. The van der Waals surface area contributed by atoms with Crippen LogP contribution in [0.25, 0.3) is 0 Å². The van der Waals surface area contributed by atoms with Crippen LogP contribution in [0.4, 0.5) is 0 Å². The molecule has 3 unspecified atom stereocenters. The number of carboxylic acid groups (broad SMARTS) is 1. The molecule has 2 aliphatic heterocycles. The highest BCUT2D eigenvalue weighted by Crippen LogP contribution is 2.43. The molecule has 1 aromatic carbocycles. The molecule has 2 heterocycles. The van der Waals surface area contributed by atoms with Gasteiger partial charge in [-0.3, -0.25) is 4.79 Å². The number of carbonyl (C=O) groups is 1. The Balaban J connectivity index is 1.98. The number of carboxylic acids is 1. The first-order chi connectivity index (χ1) is 9.13. The molecular weight excluding hydrogens is 248 g/mol. The third-order valence-electron chi connectivity index (χ3n) is 4.15. The Labute approximate surface area is 110 Å². The predicted molar refractivity (Wildman–Crippen MR) is 66.0 cm³/mol. The Morgan fingerprint density at radius 1 is 1.32 bits per heavy atom. The van der Waals surface area contributed by atoms with Crippen molar-refractivity contribution >= 4 is 5.97 Å². The smallest absolute Gasteiger partial charge is 0.313 e. The van der Waals surface area contributed by atoms with Crippen LogP contribution in [0, 0.1) is 11.3 Å². The number of benzene rings is 1. The number of aliphatic hydroxyl groups is 1. The summed E-state index contributed by atoms with van der Waals surface area (Å²) in [5.41, 5.74) is -0.236. The van der Waals surface area contributed by atoms with Crippen LogP contribution in [0.1, 0.15) is 5.56 Å². The van der Waals surface area contributed by atoms with E-state index >= 15 is 0 Å². The number of para-hydroxylation sites is 1. The van der Waals surface area contributed by atoms with E-state index < -0.39 is 23.4 Å². The molecule has 5 nitrogen and oxygen atoms in total. The highest BCUT2D eigenvalue weighted by molar-refractivity contribution is 5.76. The Kier molecular flexibility index (Phi) is 2.95. The zero-order chi connectivity index (χ0) is 13.5. The Morgan fingerprint density at radius 3 is 2.79 bits per heavy atom. The SMILES string of the molecule is O=C(O)C1(C2COCC2O)COc2ccccc2C1. The van der Waals surface area contributed by atoms with Crippen LogP contribution in [-0.2, 0) is 16.0 Å². The van der Waals surface area contributed by atoms with Gasteiger partial charge >= 0.3 is 5.97 Å². The average Bonchev–Trinajstić information content (AvgIpc) is 2.84. The number of fused-ring (bicyclic) bond motifs is 1. The van der Waals surface area contributed by atoms with Gasteiger partial charge in [-0.05, 0) is 18.1 Å². The van der Waals surface area contributed by atoms with Gasteiger partial charge in [-0.1, -0.05) is 18.2 Å². The van der Waals surface area contributed by atoms with Crippen molar-refractivity contribution in [3.8, 4) is 5.75 Å².